The van der Waals surface area contributed by atoms with Crippen LogP contribution in [0.2, 0.25) is 0 Å². The number of pyridine rings is 1. The third kappa shape index (κ3) is 4.53. The second kappa shape index (κ2) is 9.17. The molecule has 7 nitrogen and oxygen atoms in total. The number of ketones is 1. The van der Waals surface area contributed by atoms with E-state index in [2.05, 4.69) is 12.0 Å². The molecule has 1 aliphatic carbocycles. The van der Waals surface area contributed by atoms with Gasteiger partial charge in [-0.05, 0) is 60.4 Å². The van der Waals surface area contributed by atoms with Crippen molar-refractivity contribution in [3.63, 3.8) is 0 Å². The Balaban J connectivity index is 1.85. The maximum atomic E-state index is 13.5. The predicted octanol–water partition coefficient (Wildman–Crippen LogP) is 4.73. The number of hydrogen-bond donors (Lipinski definition) is 2. The number of aromatic nitrogens is 1. The summed E-state index contributed by atoms with van der Waals surface area (Å²) in [4.78, 5) is 39.6. The van der Waals surface area contributed by atoms with Gasteiger partial charge in [0.1, 0.15) is 12.0 Å². The zero-order valence-corrected chi connectivity index (χ0v) is 21.3. The number of aromatic hydroxyl groups is 1. The SMILES string of the molecule is C=C(C)C1CC(=O)C(C)=C(c2cn3c(c(O)c2=O)C(=O)N(Cc2ccc(F)cc2)NC3C(C)(C)C)C1. The van der Waals surface area contributed by atoms with E-state index in [9.17, 15) is 23.9 Å². The monoisotopic (exact) mass is 493 g/mol. The van der Waals surface area contributed by atoms with Crippen molar-refractivity contribution in [1.29, 1.82) is 0 Å². The van der Waals surface area contributed by atoms with E-state index in [1.54, 1.807) is 29.8 Å². The zero-order chi connectivity index (χ0) is 26.5. The van der Waals surface area contributed by atoms with Crippen molar-refractivity contribution >= 4 is 17.3 Å². The highest BCUT2D eigenvalue weighted by molar-refractivity contribution is 6.04. The van der Waals surface area contributed by atoms with Gasteiger partial charge in [-0.2, -0.15) is 0 Å². The molecule has 8 heteroatoms. The van der Waals surface area contributed by atoms with Crippen LogP contribution < -0.4 is 10.9 Å². The Morgan fingerprint density at radius 1 is 1.17 bits per heavy atom. The van der Waals surface area contributed by atoms with Gasteiger partial charge in [-0.25, -0.2) is 9.82 Å². The summed E-state index contributed by atoms with van der Waals surface area (Å²) in [5, 5.41) is 12.4. The molecule has 2 atom stereocenters. The Hall–Kier alpha value is -3.52. The normalized spacial score (nSPS) is 20.6. The van der Waals surface area contributed by atoms with Crippen LogP contribution in [0.15, 0.2) is 53.0 Å². The van der Waals surface area contributed by atoms with E-state index < -0.39 is 28.7 Å². The van der Waals surface area contributed by atoms with Gasteiger partial charge in [0, 0.05) is 18.2 Å². The summed E-state index contributed by atoms with van der Waals surface area (Å²) in [7, 11) is 0. The van der Waals surface area contributed by atoms with Gasteiger partial charge < -0.3 is 9.67 Å². The van der Waals surface area contributed by atoms with Crippen molar-refractivity contribution in [2.24, 2.45) is 11.3 Å². The molecule has 1 aliphatic heterocycles. The third-order valence-electron chi connectivity index (χ3n) is 7.06. The molecule has 0 spiro atoms. The Morgan fingerprint density at radius 2 is 1.81 bits per heavy atom. The molecule has 2 aliphatic rings. The maximum Gasteiger partial charge on any atom is 0.289 e. The van der Waals surface area contributed by atoms with Gasteiger partial charge >= 0.3 is 0 Å². The minimum atomic E-state index is -0.685. The number of carbonyl (C=O) groups is 2. The summed E-state index contributed by atoms with van der Waals surface area (Å²) in [6, 6.07) is 5.78. The van der Waals surface area contributed by atoms with Crippen LogP contribution in [-0.2, 0) is 11.3 Å². The zero-order valence-electron chi connectivity index (χ0n) is 21.3. The van der Waals surface area contributed by atoms with E-state index in [4.69, 9.17) is 0 Å². The summed E-state index contributed by atoms with van der Waals surface area (Å²) in [6.45, 7) is 13.6. The summed E-state index contributed by atoms with van der Waals surface area (Å²) in [5.74, 6) is -1.76. The average molecular weight is 494 g/mol. The Bertz CT molecular complexity index is 1350. The second-order valence-corrected chi connectivity index (χ2v) is 10.9. The number of fused-ring (bicyclic) bond motifs is 1. The Kier molecular flexibility index (Phi) is 6.51. The molecule has 2 heterocycles. The van der Waals surface area contributed by atoms with Crippen molar-refractivity contribution in [3.8, 4) is 5.75 Å². The lowest BCUT2D eigenvalue weighted by Crippen LogP contribution is -2.55. The topological polar surface area (TPSA) is 91.6 Å². The fraction of sp³-hybridized carbons (Fsp3) is 0.393. The molecule has 2 aromatic rings. The lowest BCUT2D eigenvalue weighted by molar-refractivity contribution is -0.116. The minimum Gasteiger partial charge on any atom is -0.503 e. The number of halogens is 1. The molecule has 0 fully saturated rings. The average Bonchev–Trinajstić information content (AvgIpc) is 2.80. The lowest BCUT2D eigenvalue weighted by Gasteiger charge is -2.43. The molecule has 1 aromatic heterocycles. The Morgan fingerprint density at radius 3 is 2.39 bits per heavy atom. The van der Waals surface area contributed by atoms with Gasteiger partial charge in [0.25, 0.3) is 5.91 Å². The number of hydrogen-bond acceptors (Lipinski definition) is 5. The molecule has 1 amide bonds. The third-order valence-corrected chi connectivity index (χ3v) is 7.06. The highest BCUT2D eigenvalue weighted by Gasteiger charge is 2.40. The number of rotatable bonds is 4. The highest BCUT2D eigenvalue weighted by atomic mass is 19.1. The van der Waals surface area contributed by atoms with Gasteiger partial charge in [0.05, 0.1) is 6.54 Å². The maximum absolute atomic E-state index is 13.5. The van der Waals surface area contributed by atoms with Crippen molar-refractivity contribution < 1.29 is 19.1 Å². The molecule has 2 N–H and O–H groups in total. The van der Waals surface area contributed by atoms with Crippen molar-refractivity contribution in [2.45, 2.75) is 60.2 Å². The summed E-state index contributed by atoms with van der Waals surface area (Å²) < 4.78 is 15.0. The molecule has 0 bridgehead atoms. The van der Waals surface area contributed by atoms with Gasteiger partial charge in [0.2, 0.25) is 5.43 Å². The molecule has 0 saturated heterocycles. The fourth-order valence-electron chi connectivity index (χ4n) is 4.82. The molecule has 1 aromatic carbocycles. The van der Waals surface area contributed by atoms with Gasteiger partial charge in [-0.15, -0.1) is 0 Å². The quantitative estimate of drug-likeness (QED) is 0.601. The van der Waals surface area contributed by atoms with E-state index in [-0.39, 0.29) is 35.3 Å². The smallest absolute Gasteiger partial charge is 0.289 e. The van der Waals surface area contributed by atoms with E-state index in [1.165, 1.54) is 17.1 Å². The number of carbonyl (C=O) groups excluding carboxylic acids is 2. The molecule has 0 saturated carbocycles. The predicted molar refractivity (Wildman–Crippen MR) is 135 cm³/mol. The van der Waals surface area contributed by atoms with Crippen LogP contribution in [0.25, 0.3) is 5.57 Å². The molecule has 36 heavy (non-hydrogen) atoms. The van der Waals surface area contributed by atoms with Gasteiger partial charge in [0.15, 0.2) is 17.2 Å². The lowest BCUT2D eigenvalue weighted by atomic mass is 9.78. The second-order valence-electron chi connectivity index (χ2n) is 10.9. The van der Waals surface area contributed by atoms with Crippen molar-refractivity contribution in [2.75, 3.05) is 0 Å². The largest absolute Gasteiger partial charge is 0.503 e. The summed E-state index contributed by atoms with van der Waals surface area (Å²) in [5.41, 5.74) is 4.80. The number of Topliss-reactive ketones (excluding diaryl/α,β-unsaturated/α-hetero) is 1. The van der Waals surface area contributed by atoms with Crippen LogP contribution in [0.1, 0.15) is 75.2 Å². The van der Waals surface area contributed by atoms with Crippen LogP contribution in [0, 0.1) is 17.2 Å². The van der Waals surface area contributed by atoms with E-state index in [0.717, 1.165) is 5.57 Å². The first-order chi connectivity index (χ1) is 16.8. The standard InChI is InChI=1S/C28H32FN3O4/c1-15(2)18-11-20(16(3)22(33)12-18)21-14-31-23(25(35)24(21)34)26(36)32(30-27(31)28(4,5)6)13-17-7-9-19(29)10-8-17/h7-10,14,18,27,30,35H,1,11-13H2,2-6H3. The molecule has 4 rings (SSSR count). The van der Waals surface area contributed by atoms with Crippen molar-refractivity contribution in [3.05, 3.63) is 81.0 Å². The van der Waals surface area contributed by atoms with Gasteiger partial charge in [-0.3, -0.25) is 19.4 Å². The van der Waals surface area contributed by atoms with Crippen LogP contribution in [0.4, 0.5) is 4.39 Å². The Labute approximate surface area is 209 Å². The first kappa shape index (κ1) is 25.6. The van der Waals surface area contributed by atoms with Crippen LogP contribution in [0.3, 0.4) is 0 Å². The molecular formula is C28H32FN3O4. The van der Waals surface area contributed by atoms with Crippen LogP contribution >= 0.6 is 0 Å². The van der Waals surface area contributed by atoms with E-state index in [0.29, 0.717) is 29.6 Å². The fourth-order valence-corrected chi connectivity index (χ4v) is 4.82. The molecular weight excluding hydrogens is 461 g/mol. The summed E-state index contributed by atoms with van der Waals surface area (Å²) >= 11 is 0. The molecule has 2 unspecified atom stereocenters. The number of allylic oxidation sites excluding steroid dienone is 3. The van der Waals surface area contributed by atoms with E-state index in [1.807, 2.05) is 27.7 Å². The molecule has 190 valence electrons. The summed E-state index contributed by atoms with van der Waals surface area (Å²) in [6.07, 6.45) is 1.87. The van der Waals surface area contributed by atoms with Crippen molar-refractivity contribution in [1.82, 2.24) is 15.0 Å². The van der Waals surface area contributed by atoms with Crippen LogP contribution in [-0.4, -0.2) is 26.4 Å². The number of amides is 1. The van der Waals surface area contributed by atoms with Gasteiger partial charge in [-0.1, -0.05) is 45.1 Å². The number of nitrogens with zero attached hydrogens (tertiary/aromatic N) is 2. The minimum absolute atomic E-state index is 0.0575. The first-order valence-electron chi connectivity index (χ1n) is 12.0. The van der Waals surface area contributed by atoms with E-state index >= 15 is 0 Å². The number of hydrazine groups is 1. The number of benzene rings is 1. The highest BCUT2D eigenvalue weighted by Crippen LogP contribution is 2.39. The first-order valence-corrected chi connectivity index (χ1v) is 12.0. The van der Waals surface area contributed by atoms with Crippen LogP contribution in [0.5, 0.6) is 5.75 Å². The number of nitrogens with one attached hydrogen (secondary N) is 1. The molecule has 0 radical (unpaired) electrons.